The molecule has 0 radical (unpaired) electrons. The van der Waals surface area contributed by atoms with Gasteiger partial charge in [-0.1, -0.05) is 12.1 Å². The second-order valence-corrected chi connectivity index (χ2v) is 8.50. The summed E-state index contributed by atoms with van der Waals surface area (Å²) in [5, 5.41) is 0. The standard InChI is InChI=1S/C22H19F3N2O4S/c1-27(14-15-2-10-19(11-3-15)31-22(24)25)21(28)16-4-12-20(13-5-16)32(29,30)26-18-8-6-17(23)7-9-18/h2-13,22,26H,14H2,1H3. The van der Waals surface area contributed by atoms with Crippen LogP contribution in [0, 0.1) is 5.82 Å². The van der Waals surface area contributed by atoms with Gasteiger partial charge in [-0.25, -0.2) is 12.8 Å². The third-order valence-corrected chi connectivity index (χ3v) is 5.82. The third kappa shape index (κ3) is 6.01. The fourth-order valence-corrected chi connectivity index (χ4v) is 3.91. The summed E-state index contributed by atoms with van der Waals surface area (Å²) in [5.74, 6) is -0.825. The molecule has 0 aliphatic rings. The van der Waals surface area contributed by atoms with Crippen LogP contribution >= 0.6 is 0 Å². The topological polar surface area (TPSA) is 75.7 Å². The molecule has 3 aromatic carbocycles. The highest BCUT2D eigenvalue weighted by atomic mass is 32.2. The Bertz CT molecular complexity index is 1170. The molecule has 1 N–H and O–H groups in total. The van der Waals surface area contributed by atoms with Crippen molar-refractivity contribution >= 4 is 21.6 Å². The Balaban J connectivity index is 1.65. The number of ether oxygens (including phenoxy) is 1. The summed E-state index contributed by atoms with van der Waals surface area (Å²) < 4.78 is 69.0. The van der Waals surface area contributed by atoms with Gasteiger partial charge in [-0.3, -0.25) is 9.52 Å². The van der Waals surface area contributed by atoms with E-state index in [0.717, 1.165) is 12.1 Å². The molecule has 0 fully saturated rings. The predicted molar refractivity (Wildman–Crippen MR) is 113 cm³/mol. The van der Waals surface area contributed by atoms with Gasteiger partial charge < -0.3 is 9.64 Å². The number of nitrogens with one attached hydrogen (secondary N) is 1. The molecule has 0 aromatic heterocycles. The maximum atomic E-state index is 13.0. The Labute approximate surface area is 183 Å². The lowest BCUT2D eigenvalue weighted by atomic mass is 10.1. The molecule has 0 atom stereocenters. The number of sulfonamides is 1. The number of anilines is 1. The fourth-order valence-electron chi connectivity index (χ4n) is 2.85. The first-order valence-corrected chi connectivity index (χ1v) is 10.8. The van der Waals surface area contributed by atoms with Crippen molar-refractivity contribution in [2.75, 3.05) is 11.8 Å². The van der Waals surface area contributed by atoms with Crippen molar-refractivity contribution in [2.45, 2.75) is 18.1 Å². The first-order chi connectivity index (χ1) is 15.1. The number of alkyl halides is 2. The zero-order valence-electron chi connectivity index (χ0n) is 16.8. The van der Waals surface area contributed by atoms with Gasteiger partial charge in [0.2, 0.25) is 0 Å². The number of carbonyl (C=O) groups is 1. The van der Waals surface area contributed by atoms with Gasteiger partial charge in [0.15, 0.2) is 0 Å². The van der Waals surface area contributed by atoms with Crippen molar-refractivity contribution in [3.8, 4) is 5.75 Å². The van der Waals surface area contributed by atoms with Crippen LogP contribution in [0.4, 0.5) is 18.9 Å². The second-order valence-electron chi connectivity index (χ2n) is 6.82. The quantitative estimate of drug-likeness (QED) is 0.533. The van der Waals surface area contributed by atoms with E-state index in [0.29, 0.717) is 5.56 Å². The maximum absolute atomic E-state index is 13.0. The smallest absolute Gasteiger partial charge is 0.387 e. The number of amides is 1. The Morgan fingerprint density at radius 1 is 0.969 bits per heavy atom. The van der Waals surface area contributed by atoms with Crippen molar-refractivity contribution < 1.29 is 31.1 Å². The lowest BCUT2D eigenvalue weighted by Gasteiger charge is -2.18. The molecule has 168 valence electrons. The summed E-state index contributed by atoms with van der Waals surface area (Å²) in [6.07, 6.45) is 0. The first kappa shape index (κ1) is 23.1. The van der Waals surface area contributed by atoms with E-state index in [9.17, 15) is 26.4 Å². The van der Waals surface area contributed by atoms with E-state index in [1.54, 1.807) is 19.2 Å². The van der Waals surface area contributed by atoms with Crippen molar-refractivity contribution in [3.05, 3.63) is 89.7 Å². The van der Waals surface area contributed by atoms with E-state index in [4.69, 9.17) is 0 Å². The highest BCUT2D eigenvalue weighted by Gasteiger charge is 2.17. The van der Waals surface area contributed by atoms with Crippen LogP contribution in [-0.4, -0.2) is 32.9 Å². The molecule has 0 bridgehead atoms. The summed E-state index contributed by atoms with van der Waals surface area (Å²) in [7, 11) is -2.35. The zero-order valence-corrected chi connectivity index (χ0v) is 17.7. The minimum absolute atomic E-state index is 0.0174. The van der Waals surface area contributed by atoms with Crippen LogP contribution in [0.1, 0.15) is 15.9 Å². The first-order valence-electron chi connectivity index (χ1n) is 9.32. The van der Waals surface area contributed by atoms with E-state index in [2.05, 4.69) is 9.46 Å². The van der Waals surface area contributed by atoms with Crippen molar-refractivity contribution in [1.29, 1.82) is 0 Å². The van der Waals surface area contributed by atoms with Crippen LogP contribution < -0.4 is 9.46 Å². The number of halogens is 3. The molecule has 1 amide bonds. The Hall–Kier alpha value is -3.53. The minimum atomic E-state index is -3.91. The van der Waals surface area contributed by atoms with Gasteiger partial charge in [0, 0.05) is 24.8 Å². The van der Waals surface area contributed by atoms with E-state index in [1.165, 1.54) is 53.4 Å². The van der Waals surface area contributed by atoms with Gasteiger partial charge in [0.05, 0.1) is 4.90 Å². The summed E-state index contributed by atoms with van der Waals surface area (Å²) >= 11 is 0. The number of carbonyl (C=O) groups excluding carboxylic acids is 1. The molecule has 6 nitrogen and oxygen atoms in total. The number of hydrogen-bond donors (Lipinski definition) is 1. The maximum Gasteiger partial charge on any atom is 0.387 e. The fraction of sp³-hybridized carbons (Fsp3) is 0.136. The van der Waals surface area contributed by atoms with Gasteiger partial charge in [-0.05, 0) is 66.2 Å². The molecule has 0 saturated heterocycles. The summed E-state index contributed by atoms with van der Waals surface area (Å²) in [6.45, 7) is -2.71. The lowest BCUT2D eigenvalue weighted by Crippen LogP contribution is -2.26. The number of hydrogen-bond acceptors (Lipinski definition) is 4. The molecule has 32 heavy (non-hydrogen) atoms. The number of nitrogens with zero attached hydrogens (tertiary/aromatic N) is 1. The SMILES string of the molecule is CN(Cc1ccc(OC(F)F)cc1)C(=O)c1ccc(S(=O)(=O)Nc2ccc(F)cc2)cc1. The van der Waals surface area contributed by atoms with Crippen LogP contribution in [-0.2, 0) is 16.6 Å². The monoisotopic (exact) mass is 464 g/mol. The molecular weight excluding hydrogens is 445 g/mol. The Morgan fingerprint density at radius 3 is 2.12 bits per heavy atom. The third-order valence-electron chi connectivity index (χ3n) is 4.42. The van der Waals surface area contributed by atoms with Gasteiger partial charge in [-0.15, -0.1) is 0 Å². The van der Waals surface area contributed by atoms with Crippen LogP contribution in [0.25, 0.3) is 0 Å². The summed E-state index contributed by atoms with van der Waals surface area (Å²) in [5.41, 5.74) is 1.17. The molecule has 3 rings (SSSR count). The summed E-state index contributed by atoms with van der Waals surface area (Å²) in [6, 6.07) is 16.1. The van der Waals surface area contributed by atoms with Crippen molar-refractivity contribution in [2.24, 2.45) is 0 Å². The van der Waals surface area contributed by atoms with E-state index >= 15 is 0 Å². The molecule has 3 aromatic rings. The number of benzene rings is 3. The van der Waals surface area contributed by atoms with E-state index in [-0.39, 0.29) is 34.3 Å². The molecule has 0 unspecified atom stereocenters. The molecule has 0 saturated carbocycles. The lowest BCUT2D eigenvalue weighted by molar-refractivity contribution is -0.0498. The molecule has 0 heterocycles. The van der Waals surface area contributed by atoms with E-state index < -0.39 is 22.5 Å². The van der Waals surface area contributed by atoms with Crippen LogP contribution in [0.3, 0.4) is 0 Å². The second kappa shape index (κ2) is 9.73. The van der Waals surface area contributed by atoms with Crippen molar-refractivity contribution in [1.82, 2.24) is 4.90 Å². The highest BCUT2D eigenvalue weighted by molar-refractivity contribution is 7.92. The molecule has 0 aliphatic heterocycles. The molecule has 0 spiro atoms. The van der Waals surface area contributed by atoms with E-state index in [1.807, 2.05) is 0 Å². The van der Waals surface area contributed by atoms with Crippen LogP contribution in [0.5, 0.6) is 5.75 Å². The molecule has 0 aliphatic carbocycles. The van der Waals surface area contributed by atoms with Gasteiger partial charge in [0.25, 0.3) is 15.9 Å². The summed E-state index contributed by atoms with van der Waals surface area (Å²) in [4.78, 5) is 14.0. The Kier molecular flexibility index (Phi) is 7.04. The van der Waals surface area contributed by atoms with Crippen LogP contribution in [0.2, 0.25) is 0 Å². The molecular formula is C22H19F3N2O4S. The van der Waals surface area contributed by atoms with Crippen LogP contribution in [0.15, 0.2) is 77.7 Å². The van der Waals surface area contributed by atoms with Gasteiger partial charge in [-0.2, -0.15) is 8.78 Å². The number of rotatable bonds is 8. The highest BCUT2D eigenvalue weighted by Crippen LogP contribution is 2.19. The zero-order chi connectivity index (χ0) is 23.3. The van der Waals surface area contributed by atoms with Gasteiger partial charge in [0.1, 0.15) is 11.6 Å². The normalized spacial score (nSPS) is 11.3. The van der Waals surface area contributed by atoms with Gasteiger partial charge >= 0.3 is 6.61 Å². The average molecular weight is 464 g/mol. The Morgan fingerprint density at radius 2 is 1.56 bits per heavy atom. The largest absolute Gasteiger partial charge is 0.435 e. The molecule has 10 heteroatoms. The predicted octanol–water partition coefficient (Wildman–Crippen LogP) is 4.50. The minimum Gasteiger partial charge on any atom is -0.435 e. The van der Waals surface area contributed by atoms with Crippen molar-refractivity contribution in [3.63, 3.8) is 0 Å². The average Bonchev–Trinajstić information content (AvgIpc) is 2.76.